The Bertz CT molecular complexity index is 249. The highest BCUT2D eigenvalue weighted by molar-refractivity contribution is 4.85. The third kappa shape index (κ3) is 3.96. The molecule has 0 aromatic heterocycles. The molecule has 2 nitrogen and oxygen atoms in total. The van der Waals surface area contributed by atoms with Gasteiger partial charge in [0.2, 0.25) is 0 Å². The Morgan fingerprint density at radius 1 is 1.06 bits per heavy atom. The van der Waals surface area contributed by atoms with Crippen LogP contribution in [0.1, 0.15) is 59.3 Å². The van der Waals surface area contributed by atoms with Gasteiger partial charge in [-0.3, -0.25) is 0 Å². The molecule has 2 aliphatic carbocycles. The molecule has 2 saturated carbocycles. The van der Waals surface area contributed by atoms with Gasteiger partial charge in [0.15, 0.2) is 0 Å². The van der Waals surface area contributed by atoms with Crippen molar-refractivity contribution >= 4 is 0 Å². The van der Waals surface area contributed by atoms with Crippen LogP contribution < -0.4 is 0 Å². The standard InChI is InChI=1S/C16H31NO/c1-4-13-7-8-16(18)15(9-13)11-17(12(2)3)10-14-5-6-14/h12-16,18H,4-11H2,1-3H3. The van der Waals surface area contributed by atoms with E-state index >= 15 is 0 Å². The van der Waals surface area contributed by atoms with Crippen molar-refractivity contribution in [3.8, 4) is 0 Å². The maximum atomic E-state index is 10.2. The van der Waals surface area contributed by atoms with Gasteiger partial charge < -0.3 is 10.0 Å². The Morgan fingerprint density at radius 3 is 2.28 bits per heavy atom. The summed E-state index contributed by atoms with van der Waals surface area (Å²) in [4.78, 5) is 2.61. The molecule has 2 rings (SSSR count). The first-order valence-corrected chi connectivity index (χ1v) is 8.02. The molecular formula is C16H31NO. The van der Waals surface area contributed by atoms with Crippen molar-refractivity contribution < 1.29 is 5.11 Å². The lowest BCUT2D eigenvalue weighted by atomic mass is 9.78. The lowest BCUT2D eigenvalue weighted by molar-refractivity contribution is 0.0200. The molecule has 18 heavy (non-hydrogen) atoms. The Balaban J connectivity index is 1.86. The monoisotopic (exact) mass is 253 g/mol. The minimum absolute atomic E-state index is 0.0479. The van der Waals surface area contributed by atoms with Crippen molar-refractivity contribution in [3.05, 3.63) is 0 Å². The van der Waals surface area contributed by atoms with Crippen LogP contribution in [-0.2, 0) is 0 Å². The van der Waals surface area contributed by atoms with Crippen LogP contribution in [0.2, 0.25) is 0 Å². The van der Waals surface area contributed by atoms with E-state index in [0.717, 1.165) is 24.8 Å². The third-order valence-electron chi connectivity index (χ3n) is 5.02. The summed E-state index contributed by atoms with van der Waals surface area (Å²) in [5.74, 6) is 2.33. The van der Waals surface area contributed by atoms with Crippen molar-refractivity contribution in [3.63, 3.8) is 0 Å². The number of hydrogen-bond acceptors (Lipinski definition) is 2. The molecule has 2 fully saturated rings. The Hall–Kier alpha value is -0.0800. The SMILES string of the molecule is CCC1CCC(O)C(CN(CC2CC2)C(C)C)C1. The summed E-state index contributed by atoms with van der Waals surface area (Å²) in [6.45, 7) is 9.27. The quantitative estimate of drug-likeness (QED) is 0.785. The van der Waals surface area contributed by atoms with Crippen LogP contribution in [0, 0.1) is 17.8 Å². The molecule has 0 bridgehead atoms. The van der Waals surface area contributed by atoms with Gasteiger partial charge in [0, 0.05) is 19.1 Å². The van der Waals surface area contributed by atoms with Crippen LogP contribution in [0.4, 0.5) is 0 Å². The van der Waals surface area contributed by atoms with Crippen molar-refractivity contribution in [1.82, 2.24) is 4.90 Å². The molecule has 2 heteroatoms. The largest absolute Gasteiger partial charge is 0.393 e. The predicted molar refractivity (Wildman–Crippen MR) is 76.6 cm³/mol. The molecule has 0 heterocycles. The highest BCUT2D eigenvalue weighted by Crippen LogP contribution is 2.34. The fourth-order valence-corrected chi connectivity index (χ4v) is 3.34. The maximum absolute atomic E-state index is 10.2. The average Bonchev–Trinajstić information content (AvgIpc) is 3.14. The van der Waals surface area contributed by atoms with Crippen LogP contribution in [-0.4, -0.2) is 35.2 Å². The van der Waals surface area contributed by atoms with Gasteiger partial charge in [-0.25, -0.2) is 0 Å². The third-order valence-corrected chi connectivity index (χ3v) is 5.02. The second kappa shape index (κ2) is 6.38. The summed E-state index contributed by atoms with van der Waals surface area (Å²) in [7, 11) is 0. The summed E-state index contributed by atoms with van der Waals surface area (Å²) in [6, 6.07) is 0.625. The normalized spacial score (nSPS) is 33.3. The van der Waals surface area contributed by atoms with Gasteiger partial charge >= 0.3 is 0 Å². The lowest BCUT2D eigenvalue weighted by Gasteiger charge is -2.38. The van der Waals surface area contributed by atoms with Gasteiger partial charge in [0.05, 0.1) is 6.10 Å². The summed E-state index contributed by atoms with van der Waals surface area (Å²) < 4.78 is 0. The fraction of sp³-hybridized carbons (Fsp3) is 1.00. The number of aliphatic hydroxyl groups is 1. The van der Waals surface area contributed by atoms with Crippen LogP contribution in [0.5, 0.6) is 0 Å². The highest BCUT2D eigenvalue weighted by atomic mass is 16.3. The van der Waals surface area contributed by atoms with Gasteiger partial charge in [0.25, 0.3) is 0 Å². The van der Waals surface area contributed by atoms with E-state index in [4.69, 9.17) is 0 Å². The zero-order chi connectivity index (χ0) is 13.1. The molecule has 106 valence electrons. The number of nitrogens with zero attached hydrogens (tertiary/aromatic N) is 1. The Labute approximate surface area is 113 Å². The van der Waals surface area contributed by atoms with Crippen molar-refractivity contribution in [2.75, 3.05) is 13.1 Å². The highest BCUT2D eigenvalue weighted by Gasteiger charge is 2.32. The van der Waals surface area contributed by atoms with Gasteiger partial charge in [-0.05, 0) is 63.7 Å². The number of aliphatic hydroxyl groups excluding tert-OH is 1. The smallest absolute Gasteiger partial charge is 0.0580 e. The first-order chi connectivity index (χ1) is 8.60. The topological polar surface area (TPSA) is 23.5 Å². The molecule has 0 radical (unpaired) electrons. The van der Waals surface area contributed by atoms with Gasteiger partial charge in [0.1, 0.15) is 0 Å². The molecule has 0 aliphatic heterocycles. The van der Waals surface area contributed by atoms with E-state index in [-0.39, 0.29) is 6.10 Å². The van der Waals surface area contributed by atoms with Gasteiger partial charge in [-0.1, -0.05) is 13.3 Å². The van der Waals surface area contributed by atoms with E-state index in [2.05, 4.69) is 25.7 Å². The molecular weight excluding hydrogens is 222 g/mol. The second-order valence-electron chi connectivity index (χ2n) is 6.91. The molecule has 1 N–H and O–H groups in total. The van der Waals surface area contributed by atoms with E-state index in [1.165, 1.54) is 38.6 Å². The minimum Gasteiger partial charge on any atom is -0.393 e. The lowest BCUT2D eigenvalue weighted by Crippen LogP contribution is -2.42. The molecule has 3 atom stereocenters. The van der Waals surface area contributed by atoms with E-state index in [1.54, 1.807) is 0 Å². The molecule has 3 unspecified atom stereocenters. The van der Waals surface area contributed by atoms with Crippen LogP contribution in [0.3, 0.4) is 0 Å². The molecule has 0 aromatic rings. The zero-order valence-corrected chi connectivity index (χ0v) is 12.4. The molecule has 0 aromatic carbocycles. The van der Waals surface area contributed by atoms with E-state index in [9.17, 15) is 5.11 Å². The van der Waals surface area contributed by atoms with E-state index in [1.807, 2.05) is 0 Å². The van der Waals surface area contributed by atoms with Crippen molar-refractivity contribution in [1.29, 1.82) is 0 Å². The van der Waals surface area contributed by atoms with Gasteiger partial charge in [-0.2, -0.15) is 0 Å². The predicted octanol–water partition coefficient (Wildman–Crippen LogP) is 3.29. The summed E-state index contributed by atoms with van der Waals surface area (Å²) in [6.07, 6.45) is 7.59. The summed E-state index contributed by atoms with van der Waals surface area (Å²) in [5, 5.41) is 10.2. The second-order valence-corrected chi connectivity index (χ2v) is 6.91. The van der Waals surface area contributed by atoms with E-state index in [0.29, 0.717) is 12.0 Å². The maximum Gasteiger partial charge on any atom is 0.0580 e. The van der Waals surface area contributed by atoms with Crippen LogP contribution in [0.15, 0.2) is 0 Å². The Morgan fingerprint density at radius 2 is 1.72 bits per heavy atom. The summed E-state index contributed by atoms with van der Waals surface area (Å²) in [5.41, 5.74) is 0. The average molecular weight is 253 g/mol. The molecule has 0 amide bonds. The number of hydrogen-bond donors (Lipinski definition) is 1. The zero-order valence-electron chi connectivity index (χ0n) is 12.4. The fourth-order valence-electron chi connectivity index (χ4n) is 3.34. The molecule has 0 saturated heterocycles. The first-order valence-electron chi connectivity index (χ1n) is 8.02. The summed E-state index contributed by atoms with van der Waals surface area (Å²) >= 11 is 0. The van der Waals surface area contributed by atoms with Crippen LogP contribution >= 0.6 is 0 Å². The Kier molecular flexibility index (Phi) is 5.08. The molecule has 2 aliphatic rings. The minimum atomic E-state index is -0.0479. The first kappa shape index (κ1) is 14.3. The van der Waals surface area contributed by atoms with Crippen molar-refractivity contribution in [2.45, 2.75) is 71.4 Å². The number of rotatable bonds is 6. The van der Waals surface area contributed by atoms with E-state index < -0.39 is 0 Å². The van der Waals surface area contributed by atoms with Crippen LogP contribution in [0.25, 0.3) is 0 Å². The van der Waals surface area contributed by atoms with Gasteiger partial charge in [-0.15, -0.1) is 0 Å². The molecule has 0 spiro atoms. The van der Waals surface area contributed by atoms with Crippen molar-refractivity contribution in [2.24, 2.45) is 17.8 Å².